The summed E-state index contributed by atoms with van der Waals surface area (Å²) in [4.78, 5) is 2.43. The largest absolute Gasteiger partial charge is 0.396 e. The maximum absolute atomic E-state index is 8.64. The van der Waals surface area contributed by atoms with Crippen LogP contribution >= 0.6 is 0 Å². The standard InChI is InChI=1S/C10H23NO/c1-5-11(10(2,3)4)8-6-7-9-12/h12H,5-9H2,1-4H3. The fraction of sp³-hybridized carbons (Fsp3) is 1.00. The molecule has 2 heteroatoms. The molecule has 0 saturated carbocycles. The van der Waals surface area contributed by atoms with Gasteiger partial charge in [0, 0.05) is 12.1 Å². The van der Waals surface area contributed by atoms with E-state index in [4.69, 9.17) is 5.11 Å². The van der Waals surface area contributed by atoms with Gasteiger partial charge in [-0.3, -0.25) is 4.90 Å². The normalized spacial score (nSPS) is 12.5. The van der Waals surface area contributed by atoms with Crippen LogP contribution in [0.15, 0.2) is 0 Å². The molecule has 12 heavy (non-hydrogen) atoms. The van der Waals surface area contributed by atoms with E-state index in [0.717, 1.165) is 25.9 Å². The maximum atomic E-state index is 8.64. The molecule has 0 radical (unpaired) electrons. The monoisotopic (exact) mass is 173 g/mol. The summed E-state index contributed by atoms with van der Waals surface area (Å²) in [6.45, 7) is 11.4. The van der Waals surface area contributed by atoms with Gasteiger partial charge in [-0.1, -0.05) is 6.92 Å². The number of aliphatic hydroxyl groups is 1. The van der Waals surface area contributed by atoms with Crippen molar-refractivity contribution in [1.82, 2.24) is 4.90 Å². The molecule has 0 aliphatic carbocycles. The number of nitrogens with zero attached hydrogens (tertiary/aromatic N) is 1. The van der Waals surface area contributed by atoms with E-state index in [-0.39, 0.29) is 5.54 Å². The van der Waals surface area contributed by atoms with Crippen LogP contribution in [0.25, 0.3) is 0 Å². The minimum Gasteiger partial charge on any atom is -0.396 e. The fourth-order valence-corrected chi connectivity index (χ4v) is 1.38. The Morgan fingerprint density at radius 1 is 1.17 bits per heavy atom. The second-order valence-corrected chi connectivity index (χ2v) is 4.18. The van der Waals surface area contributed by atoms with Crippen LogP contribution in [-0.4, -0.2) is 35.2 Å². The Bertz CT molecular complexity index is 107. The van der Waals surface area contributed by atoms with Gasteiger partial charge in [-0.2, -0.15) is 0 Å². The Morgan fingerprint density at radius 3 is 2.08 bits per heavy atom. The summed E-state index contributed by atoms with van der Waals surface area (Å²) in [6, 6.07) is 0. The molecule has 2 nitrogen and oxygen atoms in total. The molecule has 0 amide bonds. The van der Waals surface area contributed by atoms with E-state index < -0.39 is 0 Å². The second-order valence-electron chi connectivity index (χ2n) is 4.18. The van der Waals surface area contributed by atoms with Gasteiger partial charge in [0.25, 0.3) is 0 Å². The average Bonchev–Trinajstić information content (AvgIpc) is 1.95. The molecule has 74 valence electrons. The molecular formula is C10H23NO. The van der Waals surface area contributed by atoms with Gasteiger partial charge in [0.1, 0.15) is 0 Å². The number of hydrogen-bond acceptors (Lipinski definition) is 2. The van der Waals surface area contributed by atoms with Gasteiger partial charge < -0.3 is 5.11 Å². The SMILES string of the molecule is CCN(CCCCO)C(C)(C)C. The summed E-state index contributed by atoms with van der Waals surface area (Å²) in [5.41, 5.74) is 0.268. The zero-order chi connectivity index (χ0) is 9.61. The van der Waals surface area contributed by atoms with Gasteiger partial charge in [-0.25, -0.2) is 0 Å². The maximum Gasteiger partial charge on any atom is 0.0431 e. The van der Waals surface area contributed by atoms with Crippen molar-refractivity contribution >= 4 is 0 Å². The van der Waals surface area contributed by atoms with Crippen molar-refractivity contribution in [3.63, 3.8) is 0 Å². The highest BCUT2D eigenvalue weighted by molar-refractivity contribution is 4.74. The van der Waals surface area contributed by atoms with Crippen LogP contribution in [-0.2, 0) is 0 Å². The number of rotatable bonds is 5. The topological polar surface area (TPSA) is 23.5 Å². The summed E-state index contributed by atoms with van der Waals surface area (Å²) < 4.78 is 0. The summed E-state index contributed by atoms with van der Waals surface area (Å²) in [5.74, 6) is 0. The number of hydrogen-bond donors (Lipinski definition) is 1. The van der Waals surface area contributed by atoms with Crippen LogP contribution in [0.2, 0.25) is 0 Å². The Balaban J connectivity index is 3.68. The molecule has 0 aromatic carbocycles. The van der Waals surface area contributed by atoms with Gasteiger partial charge in [0.05, 0.1) is 0 Å². The predicted molar refractivity (Wildman–Crippen MR) is 53.3 cm³/mol. The first-order valence-corrected chi connectivity index (χ1v) is 4.88. The summed E-state index contributed by atoms with van der Waals surface area (Å²) >= 11 is 0. The lowest BCUT2D eigenvalue weighted by Crippen LogP contribution is -2.41. The highest BCUT2D eigenvalue weighted by Crippen LogP contribution is 2.13. The zero-order valence-corrected chi connectivity index (χ0v) is 8.93. The minimum absolute atomic E-state index is 0.268. The van der Waals surface area contributed by atoms with Crippen molar-refractivity contribution in [1.29, 1.82) is 0 Å². The quantitative estimate of drug-likeness (QED) is 0.642. The molecule has 0 heterocycles. The van der Waals surface area contributed by atoms with E-state index >= 15 is 0 Å². The van der Waals surface area contributed by atoms with Gasteiger partial charge in [0.15, 0.2) is 0 Å². The molecule has 0 aliphatic heterocycles. The predicted octanol–water partition coefficient (Wildman–Crippen LogP) is 1.88. The molecule has 0 fully saturated rings. The third kappa shape index (κ3) is 4.73. The van der Waals surface area contributed by atoms with Gasteiger partial charge in [-0.15, -0.1) is 0 Å². The van der Waals surface area contributed by atoms with Crippen LogP contribution in [0, 0.1) is 0 Å². The lowest BCUT2D eigenvalue weighted by atomic mass is 10.1. The second kappa shape index (κ2) is 5.55. The van der Waals surface area contributed by atoms with Crippen LogP contribution in [0.1, 0.15) is 40.5 Å². The van der Waals surface area contributed by atoms with E-state index in [9.17, 15) is 0 Å². The number of unbranched alkanes of at least 4 members (excludes halogenated alkanes) is 1. The third-order valence-corrected chi connectivity index (χ3v) is 2.17. The van der Waals surface area contributed by atoms with Crippen LogP contribution < -0.4 is 0 Å². The summed E-state index contributed by atoms with van der Waals surface area (Å²) in [6.07, 6.45) is 2.02. The molecule has 1 N–H and O–H groups in total. The van der Waals surface area contributed by atoms with Gasteiger partial charge >= 0.3 is 0 Å². The molecule has 0 saturated heterocycles. The summed E-state index contributed by atoms with van der Waals surface area (Å²) in [7, 11) is 0. The molecule has 0 aliphatic rings. The Kier molecular flexibility index (Phi) is 5.51. The van der Waals surface area contributed by atoms with Crippen molar-refractivity contribution in [2.45, 2.75) is 46.1 Å². The van der Waals surface area contributed by atoms with E-state index in [0.29, 0.717) is 6.61 Å². The molecule has 0 spiro atoms. The first kappa shape index (κ1) is 11.9. The minimum atomic E-state index is 0.268. The smallest absolute Gasteiger partial charge is 0.0431 e. The third-order valence-electron chi connectivity index (χ3n) is 2.17. The summed E-state index contributed by atoms with van der Waals surface area (Å²) in [5, 5.41) is 8.64. The van der Waals surface area contributed by atoms with E-state index in [1.54, 1.807) is 0 Å². The van der Waals surface area contributed by atoms with Crippen molar-refractivity contribution < 1.29 is 5.11 Å². The van der Waals surface area contributed by atoms with Crippen molar-refractivity contribution in [3.05, 3.63) is 0 Å². The first-order chi connectivity index (χ1) is 5.52. The van der Waals surface area contributed by atoms with Crippen molar-refractivity contribution in [2.75, 3.05) is 19.7 Å². The average molecular weight is 173 g/mol. The molecule has 0 aromatic rings. The van der Waals surface area contributed by atoms with Gasteiger partial charge in [0.2, 0.25) is 0 Å². The van der Waals surface area contributed by atoms with E-state index in [1.807, 2.05) is 0 Å². The highest BCUT2D eigenvalue weighted by Gasteiger charge is 2.18. The fourth-order valence-electron chi connectivity index (χ4n) is 1.38. The van der Waals surface area contributed by atoms with Crippen molar-refractivity contribution in [2.24, 2.45) is 0 Å². The molecule has 0 aromatic heterocycles. The molecule has 0 unspecified atom stereocenters. The van der Waals surface area contributed by atoms with Crippen LogP contribution in [0.5, 0.6) is 0 Å². The lowest BCUT2D eigenvalue weighted by Gasteiger charge is -2.34. The molecule has 0 bridgehead atoms. The first-order valence-electron chi connectivity index (χ1n) is 4.88. The Labute approximate surface area is 76.6 Å². The highest BCUT2D eigenvalue weighted by atomic mass is 16.2. The molecular weight excluding hydrogens is 150 g/mol. The van der Waals surface area contributed by atoms with E-state index in [1.165, 1.54) is 0 Å². The Hall–Kier alpha value is -0.0800. The zero-order valence-electron chi connectivity index (χ0n) is 8.93. The number of aliphatic hydroxyl groups excluding tert-OH is 1. The van der Waals surface area contributed by atoms with Crippen LogP contribution in [0.4, 0.5) is 0 Å². The molecule has 0 atom stereocenters. The van der Waals surface area contributed by atoms with Gasteiger partial charge in [-0.05, 0) is 46.7 Å². The molecule has 0 rings (SSSR count). The van der Waals surface area contributed by atoms with E-state index in [2.05, 4.69) is 32.6 Å². The van der Waals surface area contributed by atoms with Crippen molar-refractivity contribution in [3.8, 4) is 0 Å². The Morgan fingerprint density at radius 2 is 1.75 bits per heavy atom. The lowest BCUT2D eigenvalue weighted by molar-refractivity contribution is 0.138. The van der Waals surface area contributed by atoms with Crippen LogP contribution in [0.3, 0.4) is 0 Å².